The van der Waals surface area contributed by atoms with E-state index in [1.165, 1.54) is 19.1 Å². The summed E-state index contributed by atoms with van der Waals surface area (Å²) in [6.07, 6.45) is 0. The second-order valence-electron chi connectivity index (χ2n) is 5.50. The third-order valence-corrected chi connectivity index (χ3v) is 3.69. The van der Waals surface area contributed by atoms with Gasteiger partial charge >= 0.3 is 11.7 Å². The number of nitrogens with one attached hydrogen (secondary N) is 1. The van der Waals surface area contributed by atoms with Crippen molar-refractivity contribution in [3.05, 3.63) is 56.9 Å². The Labute approximate surface area is 152 Å². The molecule has 0 aliphatic rings. The fourth-order valence-electron chi connectivity index (χ4n) is 2.66. The number of aromatic nitrogens is 2. The minimum atomic E-state index is -0.664. The van der Waals surface area contributed by atoms with Crippen molar-refractivity contribution in [2.75, 3.05) is 6.61 Å². The van der Waals surface area contributed by atoms with Crippen molar-refractivity contribution in [1.29, 1.82) is 0 Å². The Hall–Kier alpha value is -3.75. The van der Waals surface area contributed by atoms with Gasteiger partial charge in [0.2, 0.25) is 5.75 Å². The highest BCUT2D eigenvalue weighted by Gasteiger charge is 2.28. The van der Waals surface area contributed by atoms with Gasteiger partial charge in [0.05, 0.1) is 28.0 Å². The van der Waals surface area contributed by atoms with Crippen LogP contribution >= 0.6 is 0 Å². The number of esters is 1. The molecule has 0 aliphatic carbocycles. The van der Waals surface area contributed by atoms with E-state index in [-0.39, 0.29) is 29.5 Å². The van der Waals surface area contributed by atoms with Crippen LogP contribution in [0, 0.1) is 10.1 Å². The topological polar surface area (TPSA) is 124 Å². The van der Waals surface area contributed by atoms with Crippen LogP contribution in [0.5, 0.6) is 11.5 Å². The summed E-state index contributed by atoms with van der Waals surface area (Å²) >= 11 is 0. The number of benzene rings is 2. The maximum Gasteiger partial charge on any atom is 0.325 e. The van der Waals surface area contributed by atoms with Crippen molar-refractivity contribution in [3.8, 4) is 22.9 Å². The average Bonchev–Trinajstić information content (AvgIpc) is 2.62. The second kappa shape index (κ2) is 7.24. The van der Waals surface area contributed by atoms with Gasteiger partial charge in [-0.1, -0.05) is 12.1 Å². The van der Waals surface area contributed by atoms with Gasteiger partial charge in [-0.15, -0.1) is 0 Å². The second-order valence-corrected chi connectivity index (χ2v) is 5.50. The third-order valence-electron chi connectivity index (χ3n) is 3.69. The zero-order valence-electron chi connectivity index (χ0n) is 14.5. The Bertz CT molecular complexity index is 1110. The highest BCUT2D eigenvalue weighted by molar-refractivity contribution is 5.83. The molecule has 0 atom stereocenters. The quantitative estimate of drug-likeness (QED) is 0.317. The van der Waals surface area contributed by atoms with Crippen LogP contribution in [0.2, 0.25) is 0 Å². The molecule has 0 fully saturated rings. The van der Waals surface area contributed by atoms with Crippen molar-refractivity contribution < 1.29 is 19.2 Å². The predicted molar refractivity (Wildman–Crippen MR) is 96.9 cm³/mol. The number of aromatic amines is 1. The number of carbonyl (C=O) groups is 1. The van der Waals surface area contributed by atoms with E-state index in [0.29, 0.717) is 10.9 Å². The zero-order chi connectivity index (χ0) is 19.6. The maximum absolute atomic E-state index is 12.3. The molecule has 0 aliphatic heterocycles. The molecular weight excluding hydrogens is 354 g/mol. The van der Waals surface area contributed by atoms with Crippen LogP contribution in [-0.2, 0) is 4.79 Å². The Kier molecular flexibility index (Phi) is 4.84. The molecule has 9 heteroatoms. The molecule has 138 valence electrons. The molecular formula is C18H15N3O6. The van der Waals surface area contributed by atoms with Crippen LogP contribution in [0.15, 0.2) is 41.2 Å². The number of nitro benzene ring substituents is 1. The standard InChI is InChI=1S/C18H15N3O6/c1-3-26-16-14(27-10(2)22)9-8-12(15(16)21(24)25)17-19-13-7-5-4-6-11(13)18(23)20-17/h4-9H,3H2,1-2H3,(H,19,20,23). The summed E-state index contributed by atoms with van der Waals surface area (Å²) in [4.78, 5) is 41.6. The summed E-state index contributed by atoms with van der Waals surface area (Å²) in [7, 11) is 0. The van der Waals surface area contributed by atoms with Gasteiger partial charge in [-0.3, -0.25) is 19.7 Å². The summed E-state index contributed by atoms with van der Waals surface area (Å²) in [5.74, 6) is -0.912. The summed E-state index contributed by atoms with van der Waals surface area (Å²) in [6.45, 7) is 2.93. The van der Waals surface area contributed by atoms with Crippen molar-refractivity contribution in [2.24, 2.45) is 0 Å². The number of nitro groups is 1. The number of carbonyl (C=O) groups excluding carboxylic acids is 1. The van der Waals surface area contributed by atoms with Gasteiger partial charge in [0, 0.05) is 6.92 Å². The molecule has 0 bridgehead atoms. The Morgan fingerprint density at radius 1 is 1.26 bits per heavy atom. The molecule has 1 N–H and O–H groups in total. The van der Waals surface area contributed by atoms with Crippen LogP contribution in [-0.4, -0.2) is 27.5 Å². The molecule has 3 rings (SSSR count). The third kappa shape index (κ3) is 3.47. The predicted octanol–water partition coefficient (Wildman–Crippen LogP) is 2.82. The number of hydrogen-bond donors (Lipinski definition) is 1. The van der Waals surface area contributed by atoms with Gasteiger partial charge in [0.1, 0.15) is 5.82 Å². The largest absolute Gasteiger partial charge is 0.485 e. The van der Waals surface area contributed by atoms with Gasteiger partial charge in [-0.2, -0.15) is 0 Å². The summed E-state index contributed by atoms with van der Waals surface area (Å²) < 4.78 is 10.4. The lowest BCUT2D eigenvalue weighted by Crippen LogP contribution is -2.11. The molecule has 0 spiro atoms. The Balaban J connectivity index is 2.30. The molecule has 27 heavy (non-hydrogen) atoms. The van der Waals surface area contributed by atoms with Crippen LogP contribution in [0.3, 0.4) is 0 Å². The van der Waals surface area contributed by atoms with E-state index in [9.17, 15) is 19.7 Å². The minimum absolute atomic E-state index is 0.0146. The molecule has 3 aromatic rings. The van der Waals surface area contributed by atoms with E-state index < -0.39 is 22.1 Å². The van der Waals surface area contributed by atoms with Crippen LogP contribution < -0.4 is 15.0 Å². The van der Waals surface area contributed by atoms with Crippen molar-refractivity contribution >= 4 is 22.6 Å². The highest BCUT2D eigenvalue weighted by Crippen LogP contribution is 2.43. The number of rotatable bonds is 5. The van der Waals surface area contributed by atoms with E-state index in [2.05, 4.69) is 9.97 Å². The Morgan fingerprint density at radius 3 is 2.67 bits per heavy atom. The van der Waals surface area contributed by atoms with Crippen LogP contribution in [0.4, 0.5) is 5.69 Å². The lowest BCUT2D eigenvalue weighted by atomic mass is 10.1. The van der Waals surface area contributed by atoms with Gasteiger partial charge < -0.3 is 14.5 Å². The molecule has 1 heterocycles. The van der Waals surface area contributed by atoms with E-state index in [0.717, 1.165) is 0 Å². The fourth-order valence-corrected chi connectivity index (χ4v) is 2.66. The van der Waals surface area contributed by atoms with Gasteiger partial charge in [0.25, 0.3) is 5.56 Å². The minimum Gasteiger partial charge on any atom is -0.485 e. The number of ether oxygens (including phenoxy) is 2. The summed E-state index contributed by atoms with van der Waals surface area (Å²) in [5, 5.41) is 12.1. The monoisotopic (exact) mass is 369 g/mol. The summed E-state index contributed by atoms with van der Waals surface area (Å²) in [6, 6.07) is 9.37. The molecule has 9 nitrogen and oxygen atoms in total. The maximum atomic E-state index is 12.3. The first-order valence-electron chi connectivity index (χ1n) is 8.04. The van der Waals surface area contributed by atoms with Crippen LogP contribution in [0.25, 0.3) is 22.3 Å². The van der Waals surface area contributed by atoms with E-state index >= 15 is 0 Å². The first kappa shape index (κ1) is 18.1. The van der Waals surface area contributed by atoms with Gasteiger partial charge in [-0.05, 0) is 31.2 Å². The first-order chi connectivity index (χ1) is 12.9. The Morgan fingerprint density at radius 2 is 2.00 bits per heavy atom. The molecule has 0 unspecified atom stereocenters. The summed E-state index contributed by atoms with van der Waals surface area (Å²) in [5.41, 5.74) is -0.435. The molecule has 0 saturated heterocycles. The van der Waals surface area contributed by atoms with E-state index in [1.54, 1.807) is 31.2 Å². The number of nitrogens with zero attached hydrogens (tertiary/aromatic N) is 2. The fraction of sp³-hybridized carbons (Fsp3) is 0.167. The highest BCUT2D eigenvalue weighted by atomic mass is 16.6. The van der Waals surface area contributed by atoms with Crippen molar-refractivity contribution in [1.82, 2.24) is 9.97 Å². The lowest BCUT2D eigenvalue weighted by molar-refractivity contribution is -0.385. The van der Waals surface area contributed by atoms with Crippen LogP contribution in [0.1, 0.15) is 13.8 Å². The number of hydrogen-bond acceptors (Lipinski definition) is 7. The molecule has 0 saturated carbocycles. The zero-order valence-corrected chi connectivity index (χ0v) is 14.5. The van der Waals surface area contributed by atoms with Gasteiger partial charge in [0.15, 0.2) is 5.75 Å². The van der Waals surface area contributed by atoms with Crippen molar-refractivity contribution in [3.63, 3.8) is 0 Å². The first-order valence-corrected chi connectivity index (χ1v) is 8.04. The molecule has 0 radical (unpaired) electrons. The normalized spacial score (nSPS) is 10.6. The van der Waals surface area contributed by atoms with E-state index in [4.69, 9.17) is 9.47 Å². The van der Waals surface area contributed by atoms with E-state index in [1.807, 2.05) is 0 Å². The van der Waals surface area contributed by atoms with Gasteiger partial charge in [-0.25, -0.2) is 4.98 Å². The number of fused-ring (bicyclic) bond motifs is 1. The average molecular weight is 369 g/mol. The SMILES string of the molecule is CCOc1c(OC(C)=O)ccc(-c2nc3ccccc3c(=O)[nH]2)c1[N+](=O)[O-]. The molecule has 0 amide bonds. The van der Waals surface area contributed by atoms with Crippen molar-refractivity contribution in [2.45, 2.75) is 13.8 Å². The smallest absolute Gasteiger partial charge is 0.325 e. The number of para-hydroxylation sites is 1. The molecule has 1 aromatic heterocycles. The lowest BCUT2D eigenvalue weighted by Gasteiger charge is -2.12. The molecule has 2 aromatic carbocycles. The number of H-pyrrole nitrogens is 1.